The van der Waals surface area contributed by atoms with E-state index in [2.05, 4.69) is 12.2 Å². The van der Waals surface area contributed by atoms with Crippen molar-refractivity contribution in [2.45, 2.75) is 44.7 Å². The van der Waals surface area contributed by atoms with Gasteiger partial charge in [-0.3, -0.25) is 0 Å². The first-order valence-corrected chi connectivity index (χ1v) is 5.76. The quantitative estimate of drug-likeness (QED) is 0.675. The van der Waals surface area contributed by atoms with Gasteiger partial charge < -0.3 is 15.8 Å². The molecule has 1 aliphatic carbocycles. The molecule has 14 heavy (non-hydrogen) atoms. The summed E-state index contributed by atoms with van der Waals surface area (Å²) in [5, 5.41) is 3.66. The lowest BCUT2D eigenvalue weighted by Gasteiger charge is -2.25. The number of methoxy groups -OCH3 is 1. The highest BCUT2D eigenvalue weighted by Gasteiger charge is 2.27. The van der Waals surface area contributed by atoms with Crippen molar-refractivity contribution in [3.63, 3.8) is 0 Å². The van der Waals surface area contributed by atoms with E-state index in [0.29, 0.717) is 18.0 Å². The summed E-state index contributed by atoms with van der Waals surface area (Å²) in [6.07, 6.45) is 5.02. The van der Waals surface area contributed by atoms with Gasteiger partial charge in [-0.1, -0.05) is 13.3 Å². The van der Waals surface area contributed by atoms with Crippen molar-refractivity contribution in [3.05, 3.63) is 0 Å². The second-order valence-corrected chi connectivity index (χ2v) is 4.26. The Labute approximate surface area is 87.4 Å². The van der Waals surface area contributed by atoms with Crippen LogP contribution in [0.1, 0.15) is 32.6 Å². The van der Waals surface area contributed by atoms with E-state index < -0.39 is 0 Å². The average Bonchev–Trinajstić information content (AvgIpc) is 2.64. The summed E-state index contributed by atoms with van der Waals surface area (Å²) in [6.45, 7) is 3.83. The molecule has 0 aromatic carbocycles. The van der Waals surface area contributed by atoms with E-state index in [1.165, 1.54) is 19.3 Å². The van der Waals surface area contributed by atoms with Gasteiger partial charge in [0.1, 0.15) is 0 Å². The van der Waals surface area contributed by atoms with Crippen LogP contribution in [0.5, 0.6) is 0 Å². The van der Waals surface area contributed by atoms with Gasteiger partial charge in [0.2, 0.25) is 0 Å². The molecule has 1 saturated carbocycles. The summed E-state index contributed by atoms with van der Waals surface area (Å²) >= 11 is 0. The molecule has 0 aromatic rings. The lowest BCUT2D eigenvalue weighted by molar-refractivity contribution is 0.154. The third-order valence-corrected chi connectivity index (χ3v) is 3.27. The highest BCUT2D eigenvalue weighted by Crippen LogP contribution is 2.25. The van der Waals surface area contributed by atoms with E-state index in [1.807, 2.05) is 0 Å². The van der Waals surface area contributed by atoms with Crippen LogP contribution in [-0.4, -0.2) is 32.3 Å². The van der Waals surface area contributed by atoms with E-state index in [4.69, 9.17) is 10.5 Å². The zero-order valence-corrected chi connectivity index (χ0v) is 9.46. The number of rotatable bonds is 6. The van der Waals surface area contributed by atoms with Crippen LogP contribution in [0.25, 0.3) is 0 Å². The Morgan fingerprint density at radius 3 is 2.86 bits per heavy atom. The van der Waals surface area contributed by atoms with Crippen molar-refractivity contribution >= 4 is 0 Å². The molecule has 0 saturated heterocycles. The van der Waals surface area contributed by atoms with Crippen LogP contribution in [0.15, 0.2) is 0 Å². The van der Waals surface area contributed by atoms with Gasteiger partial charge in [0.15, 0.2) is 0 Å². The van der Waals surface area contributed by atoms with Gasteiger partial charge in [-0.05, 0) is 31.7 Å². The third kappa shape index (κ3) is 3.23. The van der Waals surface area contributed by atoms with Gasteiger partial charge >= 0.3 is 0 Å². The first-order chi connectivity index (χ1) is 6.81. The lowest BCUT2D eigenvalue weighted by Crippen LogP contribution is -2.44. The molecule has 84 valence electrons. The van der Waals surface area contributed by atoms with Crippen LogP contribution in [0.3, 0.4) is 0 Å². The summed E-state index contributed by atoms with van der Waals surface area (Å²) in [5.41, 5.74) is 5.74. The topological polar surface area (TPSA) is 47.3 Å². The van der Waals surface area contributed by atoms with Crippen molar-refractivity contribution in [2.24, 2.45) is 11.7 Å². The van der Waals surface area contributed by atoms with Gasteiger partial charge in [0.05, 0.1) is 6.61 Å². The molecule has 3 unspecified atom stereocenters. The van der Waals surface area contributed by atoms with Crippen molar-refractivity contribution < 1.29 is 4.74 Å². The van der Waals surface area contributed by atoms with Crippen LogP contribution in [0.2, 0.25) is 0 Å². The fourth-order valence-corrected chi connectivity index (χ4v) is 2.33. The maximum absolute atomic E-state index is 5.74. The Balaban J connectivity index is 2.32. The van der Waals surface area contributed by atoms with Gasteiger partial charge in [0, 0.05) is 19.2 Å². The molecule has 0 bridgehead atoms. The number of nitrogens with one attached hydrogen (secondary N) is 1. The van der Waals surface area contributed by atoms with Crippen LogP contribution < -0.4 is 11.1 Å². The summed E-state index contributed by atoms with van der Waals surface area (Å²) in [5.74, 6) is 0.681. The molecule has 0 aromatic heterocycles. The Morgan fingerprint density at radius 2 is 2.29 bits per heavy atom. The van der Waals surface area contributed by atoms with Crippen LogP contribution in [-0.2, 0) is 4.74 Å². The van der Waals surface area contributed by atoms with Crippen molar-refractivity contribution in [1.29, 1.82) is 0 Å². The number of hydrogen-bond acceptors (Lipinski definition) is 3. The van der Waals surface area contributed by atoms with Gasteiger partial charge in [-0.25, -0.2) is 0 Å². The predicted octanol–water partition coefficient (Wildman–Crippen LogP) is 1.13. The normalized spacial score (nSPS) is 29.4. The van der Waals surface area contributed by atoms with Crippen LogP contribution in [0, 0.1) is 5.92 Å². The smallest absolute Gasteiger partial charge is 0.0615 e. The van der Waals surface area contributed by atoms with Gasteiger partial charge in [0.25, 0.3) is 0 Å². The Morgan fingerprint density at radius 1 is 1.50 bits per heavy atom. The molecule has 3 N–H and O–H groups in total. The maximum Gasteiger partial charge on any atom is 0.0615 e. The van der Waals surface area contributed by atoms with E-state index in [0.717, 1.165) is 19.6 Å². The second-order valence-electron chi connectivity index (χ2n) is 4.26. The standard InChI is InChI=1S/C11H24N2O/c1-3-10(8-14-2)13-11-6-4-5-9(11)7-12/h9-11,13H,3-8,12H2,1-2H3. The highest BCUT2D eigenvalue weighted by molar-refractivity contribution is 4.85. The highest BCUT2D eigenvalue weighted by atomic mass is 16.5. The zero-order chi connectivity index (χ0) is 10.4. The molecule has 0 amide bonds. The molecule has 0 spiro atoms. The molecule has 0 radical (unpaired) electrons. The Kier molecular flexibility index (Phi) is 5.45. The molecule has 3 atom stereocenters. The molecule has 3 heteroatoms. The SMILES string of the molecule is CCC(COC)NC1CCCC1CN. The lowest BCUT2D eigenvalue weighted by atomic mass is 10.0. The van der Waals surface area contributed by atoms with Crippen molar-refractivity contribution in [3.8, 4) is 0 Å². The van der Waals surface area contributed by atoms with Crippen molar-refractivity contribution in [1.82, 2.24) is 5.32 Å². The van der Waals surface area contributed by atoms with Crippen molar-refractivity contribution in [2.75, 3.05) is 20.3 Å². The fourth-order valence-electron chi connectivity index (χ4n) is 2.33. The van der Waals surface area contributed by atoms with Crippen LogP contribution in [0.4, 0.5) is 0 Å². The number of hydrogen-bond donors (Lipinski definition) is 2. The molecular formula is C11H24N2O. The minimum Gasteiger partial charge on any atom is -0.383 e. The predicted molar refractivity (Wildman–Crippen MR) is 59.3 cm³/mol. The first-order valence-electron chi connectivity index (χ1n) is 5.76. The minimum atomic E-state index is 0.497. The van der Waals surface area contributed by atoms with Crippen LogP contribution >= 0.6 is 0 Å². The molecular weight excluding hydrogens is 176 g/mol. The van der Waals surface area contributed by atoms with Gasteiger partial charge in [-0.15, -0.1) is 0 Å². The molecule has 1 fully saturated rings. The number of ether oxygens (including phenoxy) is 1. The summed E-state index contributed by atoms with van der Waals surface area (Å²) in [4.78, 5) is 0. The Bertz CT molecular complexity index is 152. The number of nitrogens with two attached hydrogens (primary N) is 1. The van der Waals surface area contributed by atoms with E-state index in [9.17, 15) is 0 Å². The summed E-state index contributed by atoms with van der Waals surface area (Å²) < 4.78 is 5.18. The molecule has 3 nitrogen and oxygen atoms in total. The molecule has 1 rings (SSSR count). The summed E-state index contributed by atoms with van der Waals surface area (Å²) in [7, 11) is 1.76. The third-order valence-electron chi connectivity index (χ3n) is 3.27. The Hall–Kier alpha value is -0.120. The fraction of sp³-hybridized carbons (Fsp3) is 1.00. The minimum absolute atomic E-state index is 0.497. The van der Waals surface area contributed by atoms with Gasteiger partial charge in [-0.2, -0.15) is 0 Å². The molecule has 0 aliphatic heterocycles. The maximum atomic E-state index is 5.74. The second kappa shape index (κ2) is 6.38. The molecule has 1 aliphatic rings. The van der Waals surface area contributed by atoms with E-state index >= 15 is 0 Å². The summed E-state index contributed by atoms with van der Waals surface area (Å²) in [6, 6.07) is 1.12. The first kappa shape index (κ1) is 12.0. The largest absolute Gasteiger partial charge is 0.383 e. The molecule has 0 heterocycles. The van der Waals surface area contributed by atoms with E-state index in [-0.39, 0.29) is 0 Å². The monoisotopic (exact) mass is 200 g/mol. The average molecular weight is 200 g/mol. The van der Waals surface area contributed by atoms with E-state index in [1.54, 1.807) is 7.11 Å². The zero-order valence-electron chi connectivity index (χ0n) is 9.46.